The van der Waals surface area contributed by atoms with E-state index in [9.17, 15) is 14.4 Å². The Balaban J connectivity index is 2.26. The topological polar surface area (TPSA) is 81.7 Å². The van der Waals surface area contributed by atoms with Gasteiger partial charge in [0.1, 0.15) is 18.8 Å². The Bertz CT molecular complexity index is 797. The van der Waals surface area contributed by atoms with Crippen LogP contribution in [0.3, 0.4) is 0 Å². The van der Waals surface area contributed by atoms with E-state index in [2.05, 4.69) is 5.32 Å². The fourth-order valence-corrected chi connectivity index (χ4v) is 2.95. The summed E-state index contributed by atoms with van der Waals surface area (Å²) in [4.78, 5) is 34.4. The molecular weight excluding hydrogens is 358 g/mol. The highest BCUT2D eigenvalue weighted by Gasteiger charge is 2.34. The second-order valence-electron chi connectivity index (χ2n) is 6.76. The molecule has 6 nitrogen and oxygen atoms in total. The van der Waals surface area contributed by atoms with Crippen LogP contribution >= 0.6 is 0 Å². The molecular formula is C22H25NO5. The molecule has 2 rings (SSSR count). The molecule has 6 heteroatoms. The van der Waals surface area contributed by atoms with Crippen molar-refractivity contribution in [3.63, 3.8) is 0 Å². The van der Waals surface area contributed by atoms with E-state index in [4.69, 9.17) is 9.47 Å². The van der Waals surface area contributed by atoms with Crippen LogP contribution in [0.4, 0.5) is 0 Å². The van der Waals surface area contributed by atoms with E-state index in [0.717, 1.165) is 16.7 Å². The Kier molecular flexibility index (Phi) is 7.32. The highest BCUT2D eigenvalue weighted by atomic mass is 16.5. The lowest BCUT2D eigenvalue weighted by molar-refractivity contribution is -0.150. The SMILES string of the molecule is CC(=O)NC(COC(C)=O)(COC(C)=O)Cc1ccc(-c2ccccc2)cc1. The lowest BCUT2D eigenvalue weighted by Crippen LogP contribution is -2.56. The van der Waals surface area contributed by atoms with Crippen molar-refractivity contribution in [3.8, 4) is 11.1 Å². The molecule has 0 aliphatic carbocycles. The first-order valence-corrected chi connectivity index (χ1v) is 8.99. The summed E-state index contributed by atoms with van der Waals surface area (Å²) in [5.74, 6) is -1.26. The zero-order valence-corrected chi connectivity index (χ0v) is 16.4. The van der Waals surface area contributed by atoms with E-state index in [1.54, 1.807) is 0 Å². The summed E-state index contributed by atoms with van der Waals surface area (Å²) < 4.78 is 10.3. The zero-order chi connectivity index (χ0) is 20.6. The largest absolute Gasteiger partial charge is 0.463 e. The smallest absolute Gasteiger partial charge is 0.302 e. The van der Waals surface area contributed by atoms with Crippen LogP contribution in [0.15, 0.2) is 54.6 Å². The van der Waals surface area contributed by atoms with Crippen molar-refractivity contribution in [2.24, 2.45) is 0 Å². The van der Waals surface area contributed by atoms with Gasteiger partial charge >= 0.3 is 11.9 Å². The number of benzene rings is 2. The van der Waals surface area contributed by atoms with Gasteiger partial charge in [0.25, 0.3) is 0 Å². The van der Waals surface area contributed by atoms with Crippen molar-refractivity contribution >= 4 is 17.8 Å². The fraction of sp³-hybridized carbons (Fsp3) is 0.318. The molecule has 0 saturated carbocycles. The highest BCUT2D eigenvalue weighted by Crippen LogP contribution is 2.22. The molecule has 2 aromatic carbocycles. The summed E-state index contributed by atoms with van der Waals surface area (Å²) in [5, 5.41) is 2.81. The summed E-state index contributed by atoms with van der Waals surface area (Å²) in [6, 6.07) is 17.8. The molecule has 0 saturated heterocycles. The van der Waals surface area contributed by atoms with Gasteiger partial charge in [0.05, 0.1) is 0 Å². The number of amides is 1. The molecule has 0 fully saturated rings. The standard InChI is InChI=1S/C22H25NO5/c1-16(24)23-22(14-27-17(2)25,15-28-18(3)26)13-19-9-11-21(12-10-19)20-7-5-4-6-8-20/h4-12H,13-15H2,1-3H3,(H,23,24). The quantitative estimate of drug-likeness (QED) is 0.709. The molecule has 0 radical (unpaired) electrons. The summed E-state index contributed by atoms with van der Waals surface area (Å²) in [6.07, 6.45) is 0.336. The van der Waals surface area contributed by atoms with Gasteiger partial charge in [-0.2, -0.15) is 0 Å². The number of rotatable bonds is 8. The number of hydrogen-bond acceptors (Lipinski definition) is 5. The van der Waals surface area contributed by atoms with Crippen LogP contribution in [0.25, 0.3) is 11.1 Å². The van der Waals surface area contributed by atoms with E-state index in [1.165, 1.54) is 20.8 Å². The second kappa shape index (κ2) is 9.69. The van der Waals surface area contributed by atoms with Crippen molar-refractivity contribution in [3.05, 3.63) is 60.2 Å². The Morgan fingerprint density at radius 3 is 1.75 bits per heavy atom. The molecule has 0 heterocycles. The first-order chi connectivity index (χ1) is 13.3. The molecule has 2 aromatic rings. The highest BCUT2D eigenvalue weighted by molar-refractivity contribution is 5.74. The number of carbonyl (C=O) groups is 3. The second-order valence-corrected chi connectivity index (χ2v) is 6.76. The van der Waals surface area contributed by atoms with Crippen LogP contribution in [-0.2, 0) is 30.3 Å². The van der Waals surface area contributed by atoms with Crippen LogP contribution in [0.5, 0.6) is 0 Å². The molecule has 28 heavy (non-hydrogen) atoms. The number of carbonyl (C=O) groups excluding carboxylic acids is 3. The molecule has 0 atom stereocenters. The average molecular weight is 383 g/mol. The molecule has 0 spiro atoms. The van der Waals surface area contributed by atoms with E-state index < -0.39 is 17.5 Å². The normalized spacial score (nSPS) is 10.8. The van der Waals surface area contributed by atoms with Crippen molar-refractivity contribution in [1.29, 1.82) is 0 Å². The van der Waals surface area contributed by atoms with Gasteiger partial charge in [0, 0.05) is 27.2 Å². The Morgan fingerprint density at radius 1 is 0.786 bits per heavy atom. The number of ether oxygens (including phenoxy) is 2. The van der Waals surface area contributed by atoms with Gasteiger partial charge in [-0.1, -0.05) is 54.6 Å². The van der Waals surface area contributed by atoms with E-state index >= 15 is 0 Å². The molecule has 0 aliphatic heterocycles. The molecule has 148 valence electrons. The molecule has 1 amide bonds. The minimum absolute atomic E-state index is 0.102. The van der Waals surface area contributed by atoms with Gasteiger partial charge < -0.3 is 14.8 Å². The number of hydrogen-bond donors (Lipinski definition) is 1. The predicted molar refractivity (Wildman–Crippen MR) is 105 cm³/mol. The minimum atomic E-state index is -1.04. The number of esters is 2. The van der Waals surface area contributed by atoms with Gasteiger partial charge in [-0.15, -0.1) is 0 Å². The van der Waals surface area contributed by atoms with Crippen LogP contribution in [-0.4, -0.2) is 36.6 Å². The predicted octanol–water partition coefficient (Wildman–Crippen LogP) is 2.90. The average Bonchev–Trinajstić information content (AvgIpc) is 2.65. The Morgan fingerprint density at radius 2 is 1.29 bits per heavy atom. The van der Waals surface area contributed by atoms with Crippen LogP contribution < -0.4 is 5.32 Å². The van der Waals surface area contributed by atoms with Crippen LogP contribution in [0.2, 0.25) is 0 Å². The number of nitrogens with one attached hydrogen (secondary N) is 1. The fourth-order valence-electron chi connectivity index (χ4n) is 2.95. The van der Waals surface area contributed by atoms with Gasteiger partial charge in [-0.25, -0.2) is 0 Å². The van der Waals surface area contributed by atoms with Gasteiger partial charge in [0.2, 0.25) is 5.91 Å². The molecule has 0 unspecified atom stereocenters. The minimum Gasteiger partial charge on any atom is -0.463 e. The summed E-state index contributed by atoms with van der Waals surface area (Å²) in [6.45, 7) is 3.75. The van der Waals surface area contributed by atoms with E-state index in [0.29, 0.717) is 6.42 Å². The van der Waals surface area contributed by atoms with Crippen LogP contribution in [0, 0.1) is 0 Å². The van der Waals surface area contributed by atoms with Gasteiger partial charge in [0.15, 0.2) is 0 Å². The third kappa shape index (κ3) is 6.54. The third-order valence-corrected chi connectivity index (χ3v) is 4.15. The lowest BCUT2D eigenvalue weighted by Gasteiger charge is -2.33. The van der Waals surface area contributed by atoms with Gasteiger partial charge in [-0.05, 0) is 16.7 Å². The van der Waals surface area contributed by atoms with Crippen molar-refractivity contribution in [2.45, 2.75) is 32.7 Å². The molecule has 0 aromatic heterocycles. The first kappa shape index (κ1) is 21.2. The first-order valence-electron chi connectivity index (χ1n) is 8.99. The van der Waals surface area contributed by atoms with Crippen molar-refractivity contribution < 1.29 is 23.9 Å². The maximum absolute atomic E-state index is 11.8. The Hall–Kier alpha value is -3.15. The Labute approximate surface area is 164 Å². The van der Waals surface area contributed by atoms with Crippen molar-refractivity contribution in [2.75, 3.05) is 13.2 Å². The lowest BCUT2D eigenvalue weighted by atomic mass is 9.91. The summed E-state index contributed by atoms with van der Waals surface area (Å²) >= 11 is 0. The molecule has 1 N–H and O–H groups in total. The van der Waals surface area contributed by atoms with Crippen molar-refractivity contribution in [1.82, 2.24) is 5.32 Å². The summed E-state index contributed by atoms with van der Waals surface area (Å²) in [7, 11) is 0. The van der Waals surface area contributed by atoms with E-state index in [1.807, 2.05) is 54.6 Å². The monoisotopic (exact) mass is 383 g/mol. The molecule has 0 bridgehead atoms. The third-order valence-electron chi connectivity index (χ3n) is 4.15. The maximum Gasteiger partial charge on any atom is 0.302 e. The molecule has 0 aliphatic rings. The maximum atomic E-state index is 11.8. The zero-order valence-electron chi connectivity index (χ0n) is 16.4. The van der Waals surface area contributed by atoms with Gasteiger partial charge in [-0.3, -0.25) is 14.4 Å². The summed E-state index contributed by atoms with van der Waals surface area (Å²) in [5.41, 5.74) is 2.03. The van der Waals surface area contributed by atoms with E-state index in [-0.39, 0.29) is 19.1 Å². The van der Waals surface area contributed by atoms with Crippen LogP contribution in [0.1, 0.15) is 26.3 Å².